The number of sulfonamides is 1. The first-order valence-corrected chi connectivity index (χ1v) is 7.43. The van der Waals surface area contributed by atoms with Crippen LogP contribution in [0.25, 0.3) is 11.1 Å². The lowest BCUT2D eigenvalue weighted by molar-refractivity contribution is -0.0429. The maximum atomic E-state index is 12.3. The maximum Gasteiger partial charge on any atom is 0.516 e. The van der Waals surface area contributed by atoms with Crippen molar-refractivity contribution < 1.29 is 21.6 Å². The SMILES string of the molecule is Cc1ccc(-c2cccc(NS(=O)(=O)C(F)(F)F)c2)cc1. The van der Waals surface area contributed by atoms with Gasteiger partial charge in [-0.2, -0.15) is 21.6 Å². The Balaban J connectivity index is 2.33. The number of halogens is 3. The van der Waals surface area contributed by atoms with E-state index in [9.17, 15) is 21.6 Å². The predicted molar refractivity (Wildman–Crippen MR) is 75.2 cm³/mol. The predicted octanol–water partition coefficient (Wildman–Crippen LogP) is 3.92. The summed E-state index contributed by atoms with van der Waals surface area (Å²) < 4.78 is 60.7. The average Bonchev–Trinajstić information content (AvgIpc) is 2.38. The Morgan fingerprint density at radius 3 is 2.14 bits per heavy atom. The van der Waals surface area contributed by atoms with E-state index in [1.165, 1.54) is 22.9 Å². The number of rotatable bonds is 3. The molecule has 112 valence electrons. The summed E-state index contributed by atoms with van der Waals surface area (Å²) in [5, 5.41) is 0. The lowest BCUT2D eigenvalue weighted by atomic mass is 10.0. The van der Waals surface area contributed by atoms with Gasteiger partial charge in [0.15, 0.2) is 0 Å². The van der Waals surface area contributed by atoms with Crippen molar-refractivity contribution in [2.75, 3.05) is 4.72 Å². The van der Waals surface area contributed by atoms with Gasteiger partial charge in [0.1, 0.15) is 0 Å². The van der Waals surface area contributed by atoms with E-state index < -0.39 is 15.5 Å². The summed E-state index contributed by atoms with van der Waals surface area (Å²) >= 11 is 0. The maximum absolute atomic E-state index is 12.3. The van der Waals surface area contributed by atoms with E-state index in [1.54, 1.807) is 6.07 Å². The monoisotopic (exact) mass is 315 g/mol. The molecule has 3 nitrogen and oxygen atoms in total. The van der Waals surface area contributed by atoms with Gasteiger partial charge in [0.2, 0.25) is 0 Å². The van der Waals surface area contributed by atoms with Gasteiger partial charge in [-0.25, -0.2) is 0 Å². The number of hydrogen-bond acceptors (Lipinski definition) is 2. The fourth-order valence-corrected chi connectivity index (χ4v) is 2.27. The van der Waals surface area contributed by atoms with E-state index >= 15 is 0 Å². The van der Waals surface area contributed by atoms with Crippen molar-refractivity contribution in [1.29, 1.82) is 0 Å². The van der Waals surface area contributed by atoms with Gasteiger partial charge in [0, 0.05) is 5.69 Å². The highest BCUT2D eigenvalue weighted by Crippen LogP contribution is 2.28. The van der Waals surface area contributed by atoms with Crippen LogP contribution in [0.2, 0.25) is 0 Å². The molecule has 0 aliphatic rings. The van der Waals surface area contributed by atoms with Crippen molar-refractivity contribution in [1.82, 2.24) is 0 Å². The van der Waals surface area contributed by atoms with E-state index in [0.717, 1.165) is 11.1 Å². The molecule has 21 heavy (non-hydrogen) atoms. The Kier molecular flexibility index (Phi) is 3.95. The molecule has 7 heteroatoms. The zero-order chi connectivity index (χ0) is 15.7. The molecule has 0 unspecified atom stereocenters. The Morgan fingerprint density at radius 2 is 1.57 bits per heavy atom. The molecule has 0 saturated heterocycles. The Labute approximate surface area is 120 Å². The van der Waals surface area contributed by atoms with Crippen LogP contribution in [0.5, 0.6) is 0 Å². The number of nitrogens with one attached hydrogen (secondary N) is 1. The molecular weight excluding hydrogens is 303 g/mol. The largest absolute Gasteiger partial charge is 0.516 e. The van der Waals surface area contributed by atoms with Gasteiger partial charge < -0.3 is 0 Å². The van der Waals surface area contributed by atoms with Gasteiger partial charge in [-0.05, 0) is 30.2 Å². The van der Waals surface area contributed by atoms with Crippen LogP contribution in [-0.2, 0) is 10.0 Å². The highest BCUT2D eigenvalue weighted by molar-refractivity contribution is 7.93. The molecule has 2 aromatic carbocycles. The van der Waals surface area contributed by atoms with E-state index in [-0.39, 0.29) is 5.69 Å². The molecule has 0 aliphatic heterocycles. The molecule has 2 aromatic rings. The quantitative estimate of drug-likeness (QED) is 0.933. The minimum absolute atomic E-state index is 0.134. The molecule has 0 spiro atoms. The number of anilines is 1. The number of benzene rings is 2. The molecule has 0 radical (unpaired) electrons. The molecule has 0 heterocycles. The molecular formula is C14H12F3NO2S. The zero-order valence-corrected chi connectivity index (χ0v) is 11.8. The van der Waals surface area contributed by atoms with Gasteiger partial charge >= 0.3 is 15.5 Å². The zero-order valence-electron chi connectivity index (χ0n) is 11.0. The van der Waals surface area contributed by atoms with Crippen molar-refractivity contribution in [2.24, 2.45) is 0 Å². The van der Waals surface area contributed by atoms with E-state index in [0.29, 0.717) is 5.56 Å². The minimum atomic E-state index is -5.41. The fraction of sp³-hybridized carbons (Fsp3) is 0.143. The number of alkyl halides is 3. The van der Waals surface area contributed by atoms with Crippen molar-refractivity contribution in [3.05, 3.63) is 54.1 Å². The summed E-state index contributed by atoms with van der Waals surface area (Å²) in [6.07, 6.45) is 0. The standard InChI is InChI=1S/C14H12F3NO2S/c1-10-5-7-11(8-6-10)12-3-2-4-13(9-12)18-21(19,20)14(15,16)17/h2-9,18H,1H3. The highest BCUT2D eigenvalue weighted by atomic mass is 32.2. The number of hydrogen-bond donors (Lipinski definition) is 1. The van der Waals surface area contributed by atoms with E-state index in [2.05, 4.69) is 0 Å². The summed E-state index contributed by atoms with van der Waals surface area (Å²) in [4.78, 5) is 0. The lowest BCUT2D eigenvalue weighted by Crippen LogP contribution is -2.29. The molecule has 1 N–H and O–H groups in total. The van der Waals surface area contributed by atoms with Gasteiger partial charge in [0.05, 0.1) is 0 Å². The Morgan fingerprint density at radius 1 is 0.952 bits per heavy atom. The molecule has 0 aliphatic carbocycles. The van der Waals surface area contributed by atoms with Crippen LogP contribution in [0.15, 0.2) is 48.5 Å². The highest BCUT2D eigenvalue weighted by Gasteiger charge is 2.46. The van der Waals surface area contributed by atoms with E-state index in [4.69, 9.17) is 0 Å². The Hall–Kier alpha value is -2.02. The molecule has 0 fully saturated rings. The van der Waals surface area contributed by atoms with Gasteiger partial charge in [-0.1, -0.05) is 42.0 Å². The van der Waals surface area contributed by atoms with Crippen LogP contribution in [-0.4, -0.2) is 13.9 Å². The van der Waals surface area contributed by atoms with Crippen LogP contribution in [0, 0.1) is 6.92 Å². The second kappa shape index (κ2) is 5.40. The van der Waals surface area contributed by atoms with Crippen LogP contribution in [0.4, 0.5) is 18.9 Å². The molecule has 0 aromatic heterocycles. The first-order chi connectivity index (χ1) is 9.69. The first kappa shape index (κ1) is 15.4. The molecule has 0 amide bonds. The van der Waals surface area contributed by atoms with Crippen molar-refractivity contribution >= 4 is 15.7 Å². The summed E-state index contributed by atoms with van der Waals surface area (Å²) in [6, 6.07) is 13.2. The normalized spacial score (nSPS) is 12.2. The molecule has 0 atom stereocenters. The van der Waals surface area contributed by atoms with Crippen LogP contribution < -0.4 is 4.72 Å². The third kappa shape index (κ3) is 3.55. The second-order valence-electron chi connectivity index (χ2n) is 4.50. The minimum Gasteiger partial charge on any atom is -0.276 e. The van der Waals surface area contributed by atoms with Crippen molar-refractivity contribution in [3.63, 3.8) is 0 Å². The second-order valence-corrected chi connectivity index (χ2v) is 6.17. The van der Waals surface area contributed by atoms with Crippen LogP contribution >= 0.6 is 0 Å². The third-order valence-electron chi connectivity index (χ3n) is 2.80. The van der Waals surface area contributed by atoms with Crippen LogP contribution in [0.3, 0.4) is 0 Å². The molecule has 0 saturated carbocycles. The summed E-state index contributed by atoms with van der Waals surface area (Å²) in [6.45, 7) is 1.91. The fourth-order valence-electron chi connectivity index (χ4n) is 1.72. The van der Waals surface area contributed by atoms with Crippen molar-refractivity contribution in [3.8, 4) is 11.1 Å². The molecule has 2 rings (SSSR count). The third-order valence-corrected chi connectivity index (χ3v) is 3.92. The number of aryl methyl sites for hydroxylation is 1. The summed E-state index contributed by atoms with van der Waals surface area (Å²) in [5.41, 5.74) is -3.02. The summed E-state index contributed by atoms with van der Waals surface area (Å²) in [5.74, 6) is 0. The van der Waals surface area contributed by atoms with Gasteiger partial charge in [0.25, 0.3) is 0 Å². The molecule has 0 bridgehead atoms. The van der Waals surface area contributed by atoms with Gasteiger partial charge in [-0.15, -0.1) is 0 Å². The smallest absolute Gasteiger partial charge is 0.276 e. The van der Waals surface area contributed by atoms with E-state index in [1.807, 2.05) is 31.2 Å². The van der Waals surface area contributed by atoms with Crippen molar-refractivity contribution in [2.45, 2.75) is 12.4 Å². The topological polar surface area (TPSA) is 46.2 Å². The summed E-state index contributed by atoms with van der Waals surface area (Å²) in [7, 11) is -5.41. The van der Waals surface area contributed by atoms with Crippen LogP contribution in [0.1, 0.15) is 5.56 Å². The lowest BCUT2D eigenvalue weighted by Gasteiger charge is -2.11. The average molecular weight is 315 g/mol. The van der Waals surface area contributed by atoms with Gasteiger partial charge in [-0.3, -0.25) is 4.72 Å². The Bertz CT molecular complexity index is 738. The first-order valence-electron chi connectivity index (χ1n) is 5.95.